The molecule has 0 N–H and O–H groups in total. The normalized spacial score (nSPS) is 16.7. The number of halogens is 1. The first kappa shape index (κ1) is 21.5. The van der Waals surface area contributed by atoms with Crippen molar-refractivity contribution in [2.75, 3.05) is 20.3 Å². The molecule has 1 aliphatic rings. The number of benzene rings is 1. The van der Waals surface area contributed by atoms with Crippen LogP contribution in [0.1, 0.15) is 52.8 Å². The lowest BCUT2D eigenvalue weighted by atomic mass is 10.0. The van der Waals surface area contributed by atoms with E-state index in [-0.39, 0.29) is 5.82 Å². The molecule has 1 aromatic carbocycles. The Hall–Kier alpha value is -2.70. The fourth-order valence-electron chi connectivity index (χ4n) is 4.25. The monoisotopic (exact) mass is 420 g/mol. The van der Waals surface area contributed by atoms with Gasteiger partial charge in [-0.3, -0.25) is 9.88 Å². The van der Waals surface area contributed by atoms with E-state index in [9.17, 15) is 4.39 Å². The number of hydrogen-bond acceptors (Lipinski definition) is 5. The largest absolute Gasteiger partial charge is 0.384 e. The molecule has 0 spiro atoms. The fraction of sp³-hybridized carbons (Fsp3) is 0.400. The molecule has 1 aliphatic heterocycles. The molecule has 0 radical (unpaired) electrons. The smallest absolute Gasteiger partial charge is 0.130 e. The average Bonchev–Trinajstić information content (AvgIpc) is 3.23. The lowest BCUT2D eigenvalue weighted by Crippen LogP contribution is -2.24. The summed E-state index contributed by atoms with van der Waals surface area (Å²) < 4.78 is 18.3. The Morgan fingerprint density at radius 1 is 1.06 bits per heavy atom. The van der Waals surface area contributed by atoms with E-state index in [0.717, 1.165) is 67.1 Å². The van der Waals surface area contributed by atoms with Crippen LogP contribution < -0.4 is 0 Å². The molecule has 5 nitrogen and oxygen atoms in total. The molecule has 1 fully saturated rings. The van der Waals surface area contributed by atoms with Gasteiger partial charge in [0, 0.05) is 43.7 Å². The molecule has 0 saturated carbocycles. The molecular weight excluding hydrogens is 391 g/mol. The molecule has 1 atom stereocenters. The zero-order chi connectivity index (χ0) is 21.6. The molecule has 3 aromatic rings. The third-order valence-electron chi connectivity index (χ3n) is 5.73. The van der Waals surface area contributed by atoms with Gasteiger partial charge in [-0.1, -0.05) is 12.1 Å². The van der Waals surface area contributed by atoms with Gasteiger partial charge < -0.3 is 4.74 Å². The predicted molar refractivity (Wildman–Crippen MR) is 118 cm³/mol. The van der Waals surface area contributed by atoms with Crippen molar-refractivity contribution in [3.63, 3.8) is 0 Å². The van der Waals surface area contributed by atoms with E-state index in [4.69, 9.17) is 9.72 Å². The maximum Gasteiger partial charge on any atom is 0.130 e. The fourth-order valence-corrected chi connectivity index (χ4v) is 4.25. The lowest BCUT2D eigenvalue weighted by molar-refractivity contribution is 0.200. The average molecular weight is 421 g/mol. The van der Waals surface area contributed by atoms with Crippen LogP contribution in [0.15, 0.2) is 48.8 Å². The van der Waals surface area contributed by atoms with E-state index < -0.39 is 0 Å². The molecular formula is C25H29FN4O. The van der Waals surface area contributed by atoms with Crippen LogP contribution in [0.2, 0.25) is 0 Å². The summed E-state index contributed by atoms with van der Waals surface area (Å²) in [5.74, 6) is 0.613. The number of likely N-dealkylation sites (tertiary alicyclic amines) is 1. The number of rotatable bonds is 8. The van der Waals surface area contributed by atoms with Gasteiger partial charge in [0.1, 0.15) is 11.6 Å². The minimum absolute atomic E-state index is 0.201. The van der Waals surface area contributed by atoms with Crippen molar-refractivity contribution in [1.82, 2.24) is 19.9 Å². The zero-order valence-corrected chi connectivity index (χ0v) is 18.2. The van der Waals surface area contributed by atoms with Gasteiger partial charge in [-0.25, -0.2) is 14.4 Å². The number of nitrogens with zero attached hydrogens (tertiary/aromatic N) is 4. The third kappa shape index (κ3) is 5.71. The molecule has 6 heteroatoms. The number of hydrogen-bond donors (Lipinski definition) is 0. The second kappa shape index (κ2) is 10.1. The van der Waals surface area contributed by atoms with Crippen molar-refractivity contribution in [1.29, 1.82) is 0 Å². The van der Waals surface area contributed by atoms with Crippen LogP contribution in [0.4, 0.5) is 4.39 Å². The Labute approximate surface area is 183 Å². The van der Waals surface area contributed by atoms with Crippen molar-refractivity contribution in [3.8, 4) is 0 Å². The van der Waals surface area contributed by atoms with Gasteiger partial charge in [-0.2, -0.15) is 0 Å². The quantitative estimate of drug-likeness (QED) is 0.539. The summed E-state index contributed by atoms with van der Waals surface area (Å²) in [6.07, 6.45) is 7.61. The highest BCUT2D eigenvalue weighted by atomic mass is 19.1. The molecule has 4 rings (SSSR count). The highest BCUT2D eigenvalue weighted by Crippen LogP contribution is 2.33. The summed E-state index contributed by atoms with van der Waals surface area (Å²) in [7, 11) is 1.69. The minimum Gasteiger partial charge on any atom is -0.384 e. The van der Waals surface area contributed by atoms with Gasteiger partial charge in [0.25, 0.3) is 0 Å². The van der Waals surface area contributed by atoms with Crippen LogP contribution in [0, 0.1) is 12.7 Å². The maximum atomic E-state index is 13.2. The van der Waals surface area contributed by atoms with Crippen LogP contribution in [-0.2, 0) is 24.1 Å². The zero-order valence-electron chi connectivity index (χ0n) is 18.2. The van der Waals surface area contributed by atoms with Crippen molar-refractivity contribution < 1.29 is 9.13 Å². The number of pyridine rings is 1. The van der Waals surface area contributed by atoms with Crippen molar-refractivity contribution in [2.24, 2.45) is 0 Å². The van der Waals surface area contributed by atoms with Crippen molar-refractivity contribution >= 4 is 0 Å². The predicted octanol–water partition coefficient (Wildman–Crippen LogP) is 4.44. The summed E-state index contributed by atoms with van der Waals surface area (Å²) in [6, 6.07) is 11.4. The molecule has 3 heterocycles. The van der Waals surface area contributed by atoms with Crippen LogP contribution in [0.5, 0.6) is 0 Å². The Morgan fingerprint density at radius 2 is 1.84 bits per heavy atom. The van der Waals surface area contributed by atoms with Crippen LogP contribution >= 0.6 is 0 Å². The SMILES string of the molecule is COCCc1ncc(CN2CCC[C@@H]2c2cc(Cc3ccc(F)cc3)cc(C)n2)cn1. The summed E-state index contributed by atoms with van der Waals surface area (Å²) in [5.41, 5.74) is 5.57. The number of methoxy groups -OCH3 is 1. The number of aromatic nitrogens is 3. The summed E-state index contributed by atoms with van der Waals surface area (Å²) >= 11 is 0. The molecule has 1 saturated heterocycles. The van der Waals surface area contributed by atoms with E-state index in [2.05, 4.69) is 27.0 Å². The molecule has 0 unspecified atom stereocenters. The molecule has 162 valence electrons. The Kier molecular flexibility index (Phi) is 6.99. The van der Waals surface area contributed by atoms with Crippen molar-refractivity contribution in [3.05, 3.63) is 88.5 Å². The van der Waals surface area contributed by atoms with Gasteiger partial charge in [-0.05, 0) is 68.1 Å². The molecule has 0 aliphatic carbocycles. The van der Waals surface area contributed by atoms with E-state index in [1.165, 1.54) is 17.7 Å². The minimum atomic E-state index is -0.201. The topological polar surface area (TPSA) is 51.1 Å². The van der Waals surface area contributed by atoms with Crippen molar-refractivity contribution in [2.45, 2.75) is 45.2 Å². The highest BCUT2D eigenvalue weighted by molar-refractivity contribution is 5.30. The standard InChI is InChI=1S/C25H29FN4O/c1-18-12-20(13-19-5-7-22(26)8-6-19)14-23(29-18)24-4-3-10-30(24)17-21-15-27-25(28-16-21)9-11-31-2/h5-8,12,14-16,24H,3-4,9-11,13,17H2,1-2H3/t24-/m1/s1. The lowest BCUT2D eigenvalue weighted by Gasteiger charge is -2.24. The number of ether oxygens (including phenoxy) is 1. The second-order valence-corrected chi connectivity index (χ2v) is 8.22. The molecule has 2 aromatic heterocycles. The molecule has 0 bridgehead atoms. The first-order chi connectivity index (χ1) is 15.1. The second-order valence-electron chi connectivity index (χ2n) is 8.22. The van der Waals surface area contributed by atoms with E-state index >= 15 is 0 Å². The Morgan fingerprint density at radius 3 is 2.58 bits per heavy atom. The van der Waals surface area contributed by atoms with Gasteiger partial charge in [0.2, 0.25) is 0 Å². The number of aryl methyl sites for hydroxylation is 1. The Balaban J connectivity index is 1.47. The third-order valence-corrected chi connectivity index (χ3v) is 5.73. The molecule has 0 amide bonds. The van der Waals surface area contributed by atoms with E-state index in [1.54, 1.807) is 7.11 Å². The first-order valence-electron chi connectivity index (χ1n) is 10.9. The highest BCUT2D eigenvalue weighted by Gasteiger charge is 2.27. The van der Waals surface area contributed by atoms with E-state index in [0.29, 0.717) is 12.6 Å². The van der Waals surface area contributed by atoms with E-state index in [1.807, 2.05) is 31.5 Å². The van der Waals surface area contributed by atoms with Gasteiger partial charge in [0.05, 0.1) is 18.3 Å². The van der Waals surface area contributed by atoms with Crippen LogP contribution in [0.25, 0.3) is 0 Å². The molecule has 31 heavy (non-hydrogen) atoms. The summed E-state index contributed by atoms with van der Waals surface area (Å²) in [4.78, 5) is 16.3. The summed E-state index contributed by atoms with van der Waals surface area (Å²) in [6.45, 7) is 4.54. The van der Waals surface area contributed by atoms with Crippen LogP contribution in [0.3, 0.4) is 0 Å². The van der Waals surface area contributed by atoms with Gasteiger partial charge in [0.15, 0.2) is 0 Å². The van der Waals surface area contributed by atoms with Gasteiger partial charge >= 0.3 is 0 Å². The van der Waals surface area contributed by atoms with Crippen LogP contribution in [-0.4, -0.2) is 40.1 Å². The summed E-state index contributed by atoms with van der Waals surface area (Å²) in [5, 5.41) is 0. The first-order valence-corrected chi connectivity index (χ1v) is 10.9. The Bertz CT molecular complexity index is 991. The maximum absolute atomic E-state index is 13.2. The van der Waals surface area contributed by atoms with Gasteiger partial charge in [-0.15, -0.1) is 0 Å².